The highest BCUT2D eigenvalue weighted by atomic mass is 14.9. The van der Waals surface area contributed by atoms with Crippen LogP contribution in [0.1, 0.15) is 50.4 Å². The SMILES string of the molecule is CCNC(c1ncccc1CC)C1CCC1. The van der Waals surface area contributed by atoms with Crippen molar-refractivity contribution in [3.63, 3.8) is 0 Å². The van der Waals surface area contributed by atoms with E-state index in [1.807, 2.05) is 12.3 Å². The Labute approximate surface area is 98.5 Å². The second-order valence-electron chi connectivity index (χ2n) is 4.63. The molecule has 1 saturated carbocycles. The lowest BCUT2D eigenvalue weighted by atomic mass is 9.77. The summed E-state index contributed by atoms with van der Waals surface area (Å²) in [6.45, 7) is 5.42. The van der Waals surface area contributed by atoms with Crippen LogP contribution in [0.3, 0.4) is 0 Å². The van der Waals surface area contributed by atoms with E-state index in [2.05, 4.69) is 30.2 Å². The minimum absolute atomic E-state index is 0.481. The molecule has 1 atom stereocenters. The van der Waals surface area contributed by atoms with E-state index >= 15 is 0 Å². The number of pyridine rings is 1. The maximum absolute atomic E-state index is 4.61. The Kier molecular flexibility index (Phi) is 3.94. The fourth-order valence-corrected chi connectivity index (χ4v) is 2.51. The maximum Gasteiger partial charge on any atom is 0.0607 e. The molecule has 0 spiro atoms. The Morgan fingerprint density at radius 1 is 1.44 bits per heavy atom. The maximum atomic E-state index is 4.61. The Balaban J connectivity index is 2.22. The van der Waals surface area contributed by atoms with Gasteiger partial charge in [-0.2, -0.15) is 0 Å². The molecule has 1 aliphatic carbocycles. The predicted octanol–water partition coefficient (Wildman–Crippen LogP) is 3.09. The summed E-state index contributed by atoms with van der Waals surface area (Å²) in [4.78, 5) is 4.61. The zero-order chi connectivity index (χ0) is 11.4. The van der Waals surface area contributed by atoms with E-state index in [-0.39, 0.29) is 0 Å². The first-order chi connectivity index (χ1) is 7.86. The standard InChI is InChI=1S/C14H22N2/c1-3-11-9-6-10-16-13(11)14(15-4-2)12-7-5-8-12/h6,9-10,12,14-15H,3-5,7-8H2,1-2H3. The van der Waals surface area contributed by atoms with Gasteiger partial charge in [-0.1, -0.05) is 26.3 Å². The van der Waals surface area contributed by atoms with Crippen LogP contribution in [0.15, 0.2) is 18.3 Å². The fraction of sp³-hybridized carbons (Fsp3) is 0.643. The Bertz CT molecular complexity index is 331. The van der Waals surface area contributed by atoms with Gasteiger partial charge in [0.05, 0.1) is 11.7 Å². The molecular weight excluding hydrogens is 196 g/mol. The number of aryl methyl sites for hydroxylation is 1. The van der Waals surface area contributed by atoms with Gasteiger partial charge in [-0.25, -0.2) is 0 Å². The summed E-state index contributed by atoms with van der Waals surface area (Å²) in [5.74, 6) is 0.806. The van der Waals surface area contributed by atoms with E-state index in [4.69, 9.17) is 0 Å². The molecule has 0 aromatic carbocycles. The van der Waals surface area contributed by atoms with E-state index in [1.165, 1.54) is 30.5 Å². The Morgan fingerprint density at radius 3 is 2.81 bits per heavy atom. The molecule has 2 nitrogen and oxygen atoms in total. The van der Waals surface area contributed by atoms with Gasteiger partial charge in [0, 0.05) is 6.20 Å². The van der Waals surface area contributed by atoms with Gasteiger partial charge >= 0.3 is 0 Å². The molecule has 0 radical (unpaired) electrons. The molecule has 0 aliphatic heterocycles. The lowest BCUT2D eigenvalue weighted by Crippen LogP contribution is -2.33. The van der Waals surface area contributed by atoms with Crippen LogP contribution in [0.2, 0.25) is 0 Å². The van der Waals surface area contributed by atoms with E-state index < -0.39 is 0 Å². The predicted molar refractivity (Wildman–Crippen MR) is 67.4 cm³/mol. The molecular formula is C14H22N2. The van der Waals surface area contributed by atoms with Gasteiger partial charge in [-0.05, 0) is 43.4 Å². The summed E-state index contributed by atoms with van der Waals surface area (Å²) >= 11 is 0. The number of hydrogen-bond donors (Lipinski definition) is 1. The van der Waals surface area contributed by atoms with Gasteiger partial charge in [0.1, 0.15) is 0 Å². The van der Waals surface area contributed by atoms with Crippen molar-refractivity contribution in [2.24, 2.45) is 5.92 Å². The molecule has 16 heavy (non-hydrogen) atoms. The number of nitrogens with one attached hydrogen (secondary N) is 1. The molecule has 1 aromatic heterocycles. The van der Waals surface area contributed by atoms with Crippen molar-refractivity contribution in [2.75, 3.05) is 6.54 Å². The highest BCUT2D eigenvalue weighted by molar-refractivity contribution is 5.24. The second-order valence-corrected chi connectivity index (χ2v) is 4.63. The van der Waals surface area contributed by atoms with Crippen LogP contribution in [0, 0.1) is 5.92 Å². The van der Waals surface area contributed by atoms with E-state index in [0.29, 0.717) is 6.04 Å². The van der Waals surface area contributed by atoms with Crippen molar-refractivity contribution in [1.29, 1.82) is 0 Å². The number of nitrogens with zero attached hydrogens (tertiary/aromatic N) is 1. The highest BCUT2D eigenvalue weighted by Crippen LogP contribution is 2.37. The third-order valence-corrected chi connectivity index (χ3v) is 3.65. The van der Waals surface area contributed by atoms with Gasteiger partial charge in [-0.3, -0.25) is 4.98 Å². The molecule has 0 bridgehead atoms. The monoisotopic (exact) mass is 218 g/mol. The lowest BCUT2D eigenvalue weighted by molar-refractivity contribution is 0.229. The summed E-state index contributed by atoms with van der Waals surface area (Å²) < 4.78 is 0. The van der Waals surface area contributed by atoms with Crippen molar-refractivity contribution in [3.8, 4) is 0 Å². The van der Waals surface area contributed by atoms with Crippen molar-refractivity contribution < 1.29 is 0 Å². The molecule has 2 rings (SSSR count). The minimum atomic E-state index is 0.481. The van der Waals surface area contributed by atoms with Gasteiger partial charge in [-0.15, -0.1) is 0 Å². The minimum Gasteiger partial charge on any atom is -0.309 e. The van der Waals surface area contributed by atoms with E-state index in [1.54, 1.807) is 0 Å². The highest BCUT2D eigenvalue weighted by Gasteiger charge is 2.29. The number of aromatic nitrogens is 1. The van der Waals surface area contributed by atoms with Crippen LogP contribution >= 0.6 is 0 Å². The third kappa shape index (κ3) is 2.27. The van der Waals surface area contributed by atoms with E-state index in [9.17, 15) is 0 Å². The van der Waals surface area contributed by atoms with Gasteiger partial charge in [0.2, 0.25) is 0 Å². The summed E-state index contributed by atoms with van der Waals surface area (Å²) in [6, 6.07) is 4.74. The van der Waals surface area contributed by atoms with Crippen molar-refractivity contribution in [2.45, 2.75) is 45.6 Å². The summed E-state index contributed by atoms with van der Waals surface area (Å²) in [6.07, 6.45) is 7.12. The lowest BCUT2D eigenvalue weighted by Gasteiger charge is -2.34. The average molecular weight is 218 g/mol. The van der Waals surface area contributed by atoms with E-state index in [0.717, 1.165) is 18.9 Å². The topological polar surface area (TPSA) is 24.9 Å². The molecule has 0 saturated heterocycles. The van der Waals surface area contributed by atoms with Crippen molar-refractivity contribution >= 4 is 0 Å². The average Bonchev–Trinajstić information content (AvgIpc) is 2.26. The van der Waals surface area contributed by atoms with Gasteiger partial charge < -0.3 is 5.32 Å². The Morgan fingerprint density at radius 2 is 2.25 bits per heavy atom. The first kappa shape index (κ1) is 11.6. The van der Waals surface area contributed by atoms with Crippen LogP contribution in [0.5, 0.6) is 0 Å². The molecule has 2 heteroatoms. The van der Waals surface area contributed by atoms with Gasteiger partial charge in [0.25, 0.3) is 0 Å². The third-order valence-electron chi connectivity index (χ3n) is 3.65. The van der Waals surface area contributed by atoms with Crippen LogP contribution in [0.4, 0.5) is 0 Å². The molecule has 0 amide bonds. The molecule has 88 valence electrons. The Hall–Kier alpha value is -0.890. The molecule has 1 unspecified atom stereocenters. The zero-order valence-electron chi connectivity index (χ0n) is 10.4. The summed E-state index contributed by atoms with van der Waals surface area (Å²) in [5, 5.41) is 3.61. The summed E-state index contributed by atoms with van der Waals surface area (Å²) in [5.41, 5.74) is 2.69. The van der Waals surface area contributed by atoms with Gasteiger partial charge in [0.15, 0.2) is 0 Å². The molecule has 1 heterocycles. The van der Waals surface area contributed by atoms with Crippen LogP contribution in [-0.2, 0) is 6.42 Å². The molecule has 1 N–H and O–H groups in total. The molecule has 1 aliphatic rings. The molecule has 1 fully saturated rings. The normalized spacial score (nSPS) is 18.1. The smallest absolute Gasteiger partial charge is 0.0607 e. The van der Waals surface area contributed by atoms with Crippen LogP contribution < -0.4 is 5.32 Å². The molecule has 1 aromatic rings. The first-order valence-corrected chi connectivity index (χ1v) is 6.54. The zero-order valence-corrected chi connectivity index (χ0v) is 10.4. The number of hydrogen-bond acceptors (Lipinski definition) is 2. The van der Waals surface area contributed by atoms with Crippen molar-refractivity contribution in [1.82, 2.24) is 10.3 Å². The van der Waals surface area contributed by atoms with Crippen molar-refractivity contribution in [3.05, 3.63) is 29.6 Å². The number of rotatable bonds is 5. The first-order valence-electron chi connectivity index (χ1n) is 6.54. The quantitative estimate of drug-likeness (QED) is 0.821. The second kappa shape index (κ2) is 5.44. The van der Waals surface area contributed by atoms with Crippen LogP contribution in [0.25, 0.3) is 0 Å². The largest absolute Gasteiger partial charge is 0.309 e. The van der Waals surface area contributed by atoms with Crippen LogP contribution in [-0.4, -0.2) is 11.5 Å². The summed E-state index contributed by atoms with van der Waals surface area (Å²) in [7, 11) is 0. The fourth-order valence-electron chi connectivity index (χ4n) is 2.51.